The molecule has 1 atom stereocenters. The van der Waals surface area contributed by atoms with E-state index in [0.717, 1.165) is 26.3 Å². The Morgan fingerprint density at radius 1 is 1.42 bits per heavy atom. The molecule has 0 aliphatic rings. The maximum absolute atomic E-state index is 10.5. The SMILES string of the molecule is CSc1ccccc1C(O)Cc1c(Br)c(C)nn1C. The molecule has 2 rings (SSSR count). The predicted octanol–water partition coefficient (Wildman–Crippen LogP) is 3.49. The molecule has 1 unspecified atom stereocenters. The zero-order valence-corrected chi connectivity index (χ0v) is 13.6. The standard InChI is InChI=1S/C14H17BrN2OS/c1-9-14(15)11(17(2)16-9)8-12(18)10-6-4-5-7-13(10)19-3/h4-7,12,18H,8H2,1-3H3. The predicted molar refractivity (Wildman–Crippen MR) is 82.5 cm³/mol. The Hall–Kier alpha value is -0.780. The van der Waals surface area contributed by atoms with Gasteiger partial charge < -0.3 is 5.11 Å². The number of rotatable bonds is 4. The van der Waals surface area contributed by atoms with Crippen LogP contribution in [-0.4, -0.2) is 21.1 Å². The van der Waals surface area contributed by atoms with Crippen molar-refractivity contribution in [2.75, 3.05) is 6.26 Å². The number of hydrogen-bond donors (Lipinski definition) is 1. The molecule has 1 N–H and O–H groups in total. The number of aliphatic hydroxyl groups is 1. The van der Waals surface area contributed by atoms with Gasteiger partial charge in [-0.3, -0.25) is 4.68 Å². The maximum atomic E-state index is 10.5. The first kappa shape index (κ1) is 14.6. The number of aliphatic hydroxyl groups excluding tert-OH is 1. The third kappa shape index (κ3) is 3.04. The summed E-state index contributed by atoms with van der Waals surface area (Å²) in [6.07, 6.45) is 2.06. The van der Waals surface area contributed by atoms with Crippen LogP contribution < -0.4 is 0 Å². The second kappa shape index (κ2) is 6.11. The minimum atomic E-state index is -0.519. The van der Waals surface area contributed by atoms with Crippen LogP contribution in [0.5, 0.6) is 0 Å². The molecule has 1 heterocycles. The topological polar surface area (TPSA) is 38.1 Å². The van der Waals surface area contributed by atoms with Crippen LogP contribution in [0.25, 0.3) is 0 Å². The summed E-state index contributed by atoms with van der Waals surface area (Å²) >= 11 is 5.19. The second-order valence-corrected chi connectivity index (χ2v) is 6.07. The summed E-state index contributed by atoms with van der Waals surface area (Å²) in [6.45, 7) is 1.95. The fourth-order valence-electron chi connectivity index (χ4n) is 2.14. The van der Waals surface area contributed by atoms with Gasteiger partial charge in [-0.2, -0.15) is 5.10 Å². The van der Waals surface area contributed by atoms with E-state index in [0.29, 0.717) is 6.42 Å². The smallest absolute Gasteiger partial charge is 0.0856 e. The first-order chi connectivity index (χ1) is 9.04. The number of hydrogen-bond acceptors (Lipinski definition) is 3. The van der Waals surface area contributed by atoms with E-state index in [4.69, 9.17) is 0 Å². The number of aromatic nitrogens is 2. The molecule has 0 fully saturated rings. The summed E-state index contributed by atoms with van der Waals surface area (Å²) in [7, 11) is 1.90. The summed E-state index contributed by atoms with van der Waals surface area (Å²) < 4.78 is 2.81. The molecule has 2 aromatic rings. The molecule has 0 aliphatic carbocycles. The fraction of sp³-hybridized carbons (Fsp3) is 0.357. The van der Waals surface area contributed by atoms with Crippen LogP contribution in [0.15, 0.2) is 33.6 Å². The monoisotopic (exact) mass is 340 g/mol. The van der Waals surface area contributed by atoms with Gasteiger partial charge in [0.15, 0.2) is 0 Å². The van der Waals surface area contributed by atoms with Crippen molar-refractivity contribution in [3.8, 4) is 0 Å². The van der Waals surface area contributed by atoms with E-state index >= 15 is 0 Å². The molecular weight excluding hydrogens is 324 g/mol. The highest BCUT2D eigenvalue weighted by Crippen LogP contribution is 2.30. The van der Waals surface area contributed by atoms with Crippen molar-refractivity contribution in [1.29, 1.82) is 0 Å². The van der Waals surface area contributed by atoms with Crippen molar-refractivity contribution in [3.05, 3.63) is 45.7 Å². The Bertz CT molecular complexity index is 583. The summed E-state index contributed by atoms with van der Waals surface area (Å²) in [5.41, 5.74) is 2.93. The molecule has 0 radical (unpaired) electrons. The first-order valence-corrected chi connectivity index (χ1v) is 8.05. The maximum Gasteiger partial charge on any atom is 0.0856 e. The minimum Gasteiger partial charge on any atom is -0.388 e. The van der Waals surface area contributed by atoms with Crippen molar-refractivity contribution in [1.82, 2.24) is 9.78 Å². The van der Waals surface area contributed by atoms with Crippen LogP contribution in [0.4, 0.5) is 0 Å². The number of thioether (sulfide) groups is 1. The molecule has 102 valence electrons. The highest BCUT2D eigenvalue weighted by atomic mass is 79.9. The zero-order valence-electron chi connectivity index (χ0n) is 11.2. The van der Waals surface area contributed by atoms with Gasteiger partial charge in [-0.15, -0.1) is 11.8 Å². The molecule has 0 saturated carbocycles. The number of benzene rings is 1. The lowest BCUT2D eigenvalue weighted by Crippen LogP contribution is -2.07. The van der Waals surface area contributed by atoms with E-state index < -0.39 is 6.10 Å². The second-order valence-electron chi connectivity index (χ2n) is 4.43. The zero-order chi connectivity index (χ0) is 14.0. The summed E-state index contributed by atoms with van der Waals surface area (Å²) in [6, 6.07) is 7.97. The molecule has 5 heteroatoms. The Morgan fingerprint density at radius 2 is 2.11 bits per heavy atom. The van der Waals surface area contributed by atoms with Gasteiger partial charge in [0.05, 0.1) is 22.0 Å². The van der Waals surface area contributed by atoms with Gasteiger partial charge >= 0.3 is 0 Å². The lowest BCUT2D eigenvalue weighted by Gasteiger charge is -2.14. The number of halogens is 1. The summed E-state index contributed by atoms with van der Waals surface area (Å²) in [4.78, 5) is 1.12. The van der Waals surface area contributed by atoms with Gasteiger partial charge in [0, 0.05) is 18.4 Å². The highest BCUT2D eigenvalue weighted by molar-refractivity contribution is 9.10. The molecule has 0 saturated heterocycles. The Morgan fingerprint density at radius 3 is 2.68 bits per heavy atom. The first-order valence-electron chi connectivity index (χ1n) is 6.03. The van der Waals surface area contributed by atoms with E-state index in [1.165, 1.54) is 0 Å². The Balaban J connectivity index is 2.28. The van der Waals surface area contributed by atoms with Crippen LogP contribution in [-0.2, 0) is 13.5 Å². The molecule has 19 heavy (non-hydrogen) atoms. The van der Waals surface area contributed by atoms with Crippen LogP contribution in [0.3, 0.4) is 0 Å². The third-order valence-electron chi connectivity index (χ3n) is 3.15. The van der Waals surface area contributed by atoms with Crippen LogP contribution in [0.1, 0.15) is 23.1 Å². The fourth-order valence-corrected chi connectivity index (χ4v) is 3.29. The van der Waals surface area contributed by atoms with E-state index in [1.807, 2.05) is 49.2 Å². The normalized spacial score (nSPS) is 12.7. The molecule has 0 aliphatic heterocycles. The third-order valence-corrected chi connectivity index (χ3v) is 4.99. The van der Waals surface area contributed by atoms with Crippen molar-refractivity contribution in [2.24, 2.45) is 7.05 Å². The van der Waals surface area contributed by atoms with Gasteiger partial charge in [0.1, 0.15) is 0 Å². The van der Waals surface area contributed by atoms with Crippen LogP contribution in [0.2, 0.25) is 0 Å². The minimum absolute atomic E-state index is 0.519. The van der Waals surface area contributed by atoms with Gasteiger partial charge in [0.2, 0.25) is 0 Å². The van der Waals surface area contributed by atoms with Crippen LogP contribution in [0, 0.1) is 6.92 Å². The molecule has 0 spiro atoms. The van der Waals surface area contributed by atoms with Crippen molar-refractivity contribution in [3.63, 3.8) is 0 Å². The van der Waals surface area contributed by atoms with Crippen molar-refractivity contribution in [2.45, 2.75) is 24.3 Å². The molecule has 1 aromatic heterocycles. The van der Waals surface area contributed by atoms with E-state index in [9.17, 15) is 5.11 Å². The van der Waals surface area contributed by atoms with Gasteiger partial charge in [-0.1, -0.05) is 18.2 Å². The van der Waals surface area contributed by atoms with Gasteiger partial charge in [-0.25, -0.2) is 0 Å². The van der Waals surface area contributed by atoms with Crippen molar-refractivity contribution >= 4 is 27.7 Å². The van der Waals surface area contributed by atoms with Crippen molar-refractivity contribution < 1.29 is 5.11 Å². The quantitative estimate of drug-likeness (QED) is 0.865. The molecule has 1 aromatic carbocycles. The number of aryl methyl sites for hydroxylation is 2. The van der Waals surface area contributed by atoms with Crippen LogP contribution >= 0.6 is 27.7 Å². The number of nitrogens with zero attached hydrogens (tertiary/aromatic N) is 2. The lowest BCUT2D eigenvalue weighted by molar-refractivity contribution is 0.173. The molecule has 3 nitrogen and oxygen atoms in total. The lowest BCUT2D eigenvalue weighted by atomic mass is 10.0. The Kier molecular flexibility index (Phi) is 4.71. The van der Waals surface area contributed by atoms with Gasteiger partial charge in [0.25, 0.3) is 0 Å². The average Bonchev–Trinajstić information content (AvgIpc) is 2.65. The van der Waals surface area contributed by atoms with Gasteiger partial charge in [-0.05, 0) is 40.7 Å². The molecule has 0 bridgehead atoms. The molecular formula is C14H17BrN2OS. The summed E-state index contributed by atoms with van der Waals surface area (Å²) in [5, 5.41) is 14.8. The average molecular weight is 341 g/mol. The largest absolute Gasteiger partial charge is 0.388 e. The van der Waals surface area contributed by atoms with E-state index in [-0.39, 0.29) is 0 Å². The Labute approximate surface area is 126 Å². The highest BCUT2D eigenvalue weighted by Gasteiger charge is 2.18. The van der Waals surface area contributed by atoms with E-state index in [1.54, 1.807) is 11.8 Å². The molecule has 0 amide bonds. The van der Waals surface area contributed by atoms with E-state index in [2.05, 4.69) is 21.0 Å². The summed E-state index contributed by atoms with van der Waals surface area (Å²) in [5.74, 6) is 0.